The molecule has 0 unspecified atom stereocenters. The van der Waals surface area contributed by atoms with Crippen molar-refractivity contribution < 1.29 is 4.79 Å². The monoisotopic (exact) mass is 447 g/mol. The second-order valence-corrected chi connectivity index (χ2v) is 8.21. The molecule has 172 valence electrons. The largest absolute Gasteiger partial charge is 0.375 e. The topological polar surface area (TPSA) is 116 Å². The minimum Gasteiger partial charge on any atom is -0.375 e. The van der Waals surface area contributed by atoms with Gasteiger partial charge >= 0.3 is 0 Å². The number of amides is 1. The zero-order valence-electron chi connectivity index (χ0n) is 19.1. The number of primary amides is 1. The molecule has 4 rings (SSSR count). The molecule has 33 heavy (non-hydrogen) atoms. The Morgan fingerprint density at radius 1 is 0.970 bits per heavy atom. The second-order valence-electron chi connectivity index (χ2n) is 8.21. The quantitative estimate of drug-likeness (QED) is 0.502. The molecule has 10 heteroatoms. The van der Waals surface area contributed by atoms with Gasteiger partial charge in [-0.1, -0.05) is 0 Å². The van der Waals surface area contributed by atoms with E-state index in [1.165, 1.54) is 6.20 Å². The van der Waals surface area contributed by atoms with E-state index in [2.05, 4.69) is 48.5 Å². The molecule has 0 saturated carbocycles. The lowest BCUT2D eigenvalue weighted by atomic mass is 10.2. The van der Waals surface area contributed by atoms with Gasteiger partial charge in [-0.15, -0.1) is 0 Å². The first-order valence-corrected chi connectivity index (χ1v) is 10.8. The Morgan fingerprint density at radius 2 is 1.73 bits per heavy atom. The number of carbonyl (C=O) groups is 1. The Hall–Kier alpha value is -3.92. The van der Waals surface area contributed by atoms with E-state index in [0.29, 0.717) is 22.9 Å². The van der Waals surface area contributed by atoms with Gasteiger partial charge in [-0.25, -0.2) is 9.97 Å². The SMILES string of the molecule is CN1CCN(c2ccc(Nc3cc(Nc4ccncc4N(C)C)c(C(N)=O)cn3)nc2)CC1. The minimum absolute atomic E-state index is 0.292. The van der Waals surface area contributed by atoms with E-state index in [1.807, 2.05) is 37.3 Å². The maximum absolute atomic E-state index is 12.0. The summed E-state index contributed by atoms with van der Waals surface area (Å²) in [6.45, 7) is 4.05. The number of carbonyl (C=O) groups excluding carboxylic acids is 1. The van der Waals surface area contributed by atoms with Crippen LogP contribution in [0.15, 0.2) is 49.1 Å². The lowest BCUT2D eigenvalue weighted by molar-refractivity contribution is 0.100. The average Bonchev–Trinajstić information content (AvgIpc) is 2.80. The van der Waals surface area contributed by atoms with Crippen molar-refractivity contribution >= 4 is 40.3 Å². The Balaban J connectivity index is 1.54. The van der Waals surface area contributed by atoms with Crippen LogP contribution in [0.25, 0.3) is 0 Å². The molecule has 1 aliphatic heterocycles. The highest BCUT2D eigenvalue weighted by Crippen LogP contribution is 2.29. The third kappa shape index (κ3) is 5.29. The number of piperazine rings is 1. The Bertz CT molecular complexity index is 1110. The summed E-state index contributed by atoms with van der Waals surface area (Å²) in [4.78, 5) is 31.6. The maximum Gasteiger partial charge on any atom is 0.252 e. The zero-order valence-corrected chi connectivity index (χ0v) is 19.1. The van der Waals surface area contributed by atoms with Crippen molar-refractivity contribution in [3.05, 3.63) is 54.6 Å². The van der Waals surface area contributed by atoms with Gasteiger partial charge in [0.2, 0.25) is 0 Å². The van der Waals surface area contributed by atoms with Gasteiger partial charge in [-0.05, 0) is 25.2 Å². The van der Waals surface area contributed by atoms with Crippen molar-refractivity contribution in [1.29, 1.82) is 0 Å². The van der Waals surface area contributed by atoms with E-state index in [1.54, 1.807) is 18.5 Å². The van der Waals surface area contributed by atoms with Crippen molar-refractivity contribution in [1.82, 2.24) is 19.9 Å². The number of hydrogen-bond acceptors (Lipinski definition) is 9. The summed E-state index contributed by atoms with van der Waals surface area (Å²) in [7, 11) is 5.99. The summed E-state index contributed by atoms with van der Waals surface area (Å²) >= 11 is 0. The Morgan fingerprint density at radius 3 is 2.39 bits per heavy atom. The van der Waals surface area contributed by atoms with Gasteiger partial charge in [0.15, 0.2) is 0 Å². The minimum atomic E-state index is -0.563. The van der Waals surface area contributed by atoms with Crippen molar-refractivity contribution in [3.8, 4) is 0 Å². The molecule has 3 aromatic rings. The molecule has 0 radical (unpaired) electrons. The maximum atomic E-state index is 12.0. The molecule has 1 saturated heterocycles. The van der Waals surface area contributed by atoms with Crippen LogP contribution in [0.1, 0.15) is 10.4 Å². The van der Waals surface area contributed by atoms with E-state index >= 15 is 0 Å². The summed E-state index contributed by atoms with van der Waals surface area (Å²) in [5, 5.41) is 6.50. The lowest BCUT2D eigenvalue weighted by Gasteiger charge is -2.33. The van der Waals surface area contributed by atoms with Crippen LogP contribution >= 0.6 is 0 Å². The molecular weight excluding hydrogens is 418 g/mol. The van der Waals surface area contributed by atoms with E-state index in [4.69, 9.17) is 5.73 Å². The van der Waals surface area contributed by atoms with Gasteiger partial charge in [-0.3, -0.25) is 9.78 Å². The van der Waals surface area contributed by atoms with E-state index in [9.17, 15) is 4.79 Å². The molecule has 3 aromatic heterocycles. The predicted octanol–water partition coefficient (Wildman–Crippen LogP) is 2.28. The van der Waals surface area contributed by atoms with Crippen LogP contribution in [-0.4, -0.2) is 73.1 Å². The Labute approximate surface area is 193 Å². The van der Waals surface area contributed by atoms with Crippen LogP contribution in [0.2, 0.25) is 0 Å². The van der Waals surface area contributed by atoms with Crippen LogP contribution in [0.4, 0.5) is 34.4 Å². The fraction of sp³-hybridized carbons (Fsp3) is 0.304. The van der Waals surface area contributed by atoms with Crippen LogP contribution < -0.4 is 26.2 Å². The molecule has 1 aliphatic rings. The third-order valence-corrected chi connectivity index (χ3v) is 5.59. The molecule has 0 atom stereocenters. The normalized spacial score (nSPS) is 14.1. The fourth-order valence-electron chi connectivity index (χ4n) is 3.66. The number of rotatable bonds is 7. The van der Waals surface area contributed by atoms with Crippen molar-refractivity contribution in [2.75, 3.05) is 67.8 Å². The van der Waals surface area contributed by atoms with Crippen LogP contribution in [-0.2, 0) is 0 Å². The number of hydrogen-bond donors (Lipinski definition) is 3. The molecule has 1 amide bonds. The molecule has 0 aromatic carbocycles. The molecule has 0 spiro atoms. The number of nitrogens with one attached hydrogen (secondary N) is 2. The first-order chi connectivity index (χ1) is 15.9. The lowest BCUT2D eigenvalue weighted by Crippen LogP contribution is -2.44. The number of likely N-dealkylation sites (N-methyl/N-ethyl adjacent to an activating group) is 1. The number of nitrogens with zero attached hydrogens (tertiary/aromatic N) is 6. The first-order valence-electron chi connectivity index (χ1n) is 10.8. The van der Waals surface area contributed by atoms with Crippen molar-refractivity contribution in [2.45, 2.75) is 0 Å². The Kier molecular flexibility index (Phi) is 6.55. The molecule has 4 heterocycles. The van der Waals surface area contributed by atoms with E-state index in [-0.39, 0.29) is 0 Å². The second kappa shape index (κ2) is 9.70. The van der Waals surface area contributed by atoms with E-state index < -0.39 is 5.91 Å². The summed E-state index contributed by atoms with van der Waals surface area (Å²) in [5.41, 5.74) is 9.19. The third-order valence-electron chi connectivity index (χ3n) is 5.59. The summed E-state index contributed by atoms with van der Waals surface area (Å²) in [5.74, 6) is 0.644. The number of pyridine rings is 3. The van der Waals surface area contributed by atoms with Gasteiger partial charge in [0, 0.05) is 58.7 Å². The van der Waals surface area contributed by atoms with Gasteiger partial charge in [-0.2, -0.15) is 0 Å². The number of nitrogens with two attached hydrogens (primary N) is 1. The zero-order chi connectivity index (χ0) is 23.4. The van der Waals surface area contributed by atoms with Gasteiger partial charge in [0.25, 0.3) is 5.91 Å². The summed E-state index contributed by atoms with van der Waals surface area (Å²) in [6.07, 6.45) is 6.76. The van der Waals surface area contributed by atoms with Crippen molar-refractivity contribution in [3.63, 3.8) is 0 Å². The molecule has 0 bridgehead atoms. The molecule has 4 N–H and O–H groups in total. The first kappa shape index (κ1) is 22.3. The number of anilines is 6. The molecule has 10 nitrogen and oxygen atoms in total. The fourth-order valence-corrected chi connectivity index (χ4v) is 3.66. The smallest absolute Gasteiger partial charge is 0.252 e. The van der Waals surface area contributed by atoms with Crippen LogP contribution in [0.5, 0.6) is 0 Å². The van der Waals surface area contributed by atoms with Crippen molar-refractivity contribution in [2.24, 2.45) is 5.73 Å². The van der Waals surface area contributed by atoms with Crippen LogP contribution in [0, 0.1) is 0 Å². The van der Waals surface area contributed by atoms with E-state index in [0.717, 1.165) is 43.2 Å². The molecular formula is C23H29N9O. The van der Waals surface area contributed by atoms with Gasteiger partial charge in [0.05, 0.1) is 40.7 Å². The highest BCUT2D eigenvalue weighted by molar-refractivity contribution is 6.00. The van der Waals surface area contributed by atoms with Gasteiger partial charge in [0.1, 0.15) is 11.6 Å². The number of aromatic nitrogens is 3. The standard InChI is InChI=1S/C23H29N9O/c1-30(2)20-15-25-7-6-18(20)28-19-12-22(27-14-17(19)23(24)33)29-21-5-4-16(13-26-21)32-10-8-31(3)9-11-32/h4-7,12-15H,8-11H2,1-3H3,(H2,24,33)(H2,25,26,27,28,29). The highest BCUT2D eigenvalue weighted by atomic mass is 16.1. The predicted molar refractivity (Wildman–Crippen MR) is 132 cm³/mol. The highest BCUT2D eigenvalue weighted by Gasteiger charge is 2.16. The van der Waals surface area contributed by atoms with Gasteiger partial charge < -0.3 is 31.1 Å². The summed E-state index contributed by atoms with van der Waals surface area (Å²) < 4.78 is 0. The molecule has 0 aliphatic carbocycles. The average molecular weight is 448 g/mol. The van der Waals surface area contributed by atoms with Crippen LogP contribution in [0.3, 0.4) is 0 Å². The summed E-state index contributed by atoms with van der Waals surface area (Å²) in [6, 6.07) is 7.57. The molecule has 1 fully saturated rings.